The fourth-order valence-electron chi connectivity index (χ4n) is 1.43. The van der Waals surface area contributed by atoms with E-state index < -0.39 is 5.54 Å². The first kappa shape index (κ1) is 12.7. The number of halogens is 1. The van der Waals surface area contributed by atoms with Crippen LogP contribution in [0.2, 0.25) is 0 Å². The van der Waals surface area contributed by atoms with Gasteiger partial charge in [-0.25, -0.2) is 9.97 Å². The maximum absolute atomic E-state index is 6.05. The molecule has 17 heavy (non-hydrogen) atoms. The average molecular weight is 312 g/mol. The Bertz CT molecular complexity index is 543. The fraction of sp³-hybridized carbons (Fsp3) is 0.333. The first-order valence-corrected chi connectivity index (χ1v) is 6.93. The third kappa shape index (κ3) is 2.91. The van der Waals surface area contributed by atoms with E-state index in [4.69, 9.17) is 5.73 Å². The summed E-state index contributed by atoms with van der Waals surface area (Å²) in [7, 11) is 0. The number of nitrogens with two attached hydrogens (primary N) is 1. The van der Waals surface area contributed by atoms with E-state index in [1.807, 2.05) is 32.2 Å². The lowest BCUT2D eigenvalue weighted by atomic mass is 10.1. The highest BCUT2D eigenvalue weighted by Gasteiger charge is 2.19. The molecule has 0 amide bonds. The predicted molar refractivity (Wildman–Crippen MR) is 75.0 cm³/mol. The molecule has 0 unspecified atom stereocenters. The van der Waals surface area contributed by atoms with Crippen molar-refractivity contribution in [2.24, 2.45) is 5.73 Å². The van der Waals surface area contributed by atoms with Gasteiger partial charge in [-0.3, -0.25) is 0 Å². The van der Waals surface area contributed by atoms with E-state index >= 15 is 0 Å². The van der Waals surface area contributed by atoms with Crippen molar-refractivity contribution in [2.75, 3.05) is 0 Å². The Morgan fingerprint density at radius 3 is 2.53 bits per heavy atom. The zero-order valence-corrected chi connectivity index (χ0v) is 12.4. The standard InChI is InChI=1S/C12H14BrN3S/c1-7-4-9(10-5-8(13)6-17-10)16-11(15-7)12(2,3)14/h4-6H,14H2,1-3H3. The molecule has 0 atom stereocenters. The molecule has 3 nitrogen and oxygen atoms in total. The Morgan fingerprint density at radius 1 is 1.29 bits per heavy atom. The first-order valence-electron chi connectivity index (χ1n) is 5.26. The third-order valence-electron chi connectivity index (χ3n) is 2.25. The second-order valence-corrected chi connectivity index (χ2v) is 6.40. The Hall–Kier alpha value is -0.780. The minimum atomic E-state index is -0.519. The van der Waals surface area contributed by atoms with Gasteiger partial charge < -0.3 is 5.73 Å². The van der Waals surface area contributed by atoms with Crippen LogP contribution < -0.4 is 5.73 Å². The molecule has 2 heterocycles. The summed E-state index contributed by atoms with van der Waals surface area (Å²) in [5, 5.41) is 2.04. The molecule has 0 spiro atoms. The second-order valence-electron chi connectivity index (χ2n) is 4.57. The van der Waals surface area contributed by atoms with E-state index in [1.165, 1.54) is 0 Å². The number of aryl methyl sites for hydroxylation is 1. The number of nitrogens with zero attached hydrogens (tertiary/aromatic N) is 2. The van der Waals surface area contributed by atoms with Crippen LogP contribution in [-0.4, -0.2) is 9.97 Å². The Morgan fingerprint density at radius 2 is 2.00 bits per heavy atom. The summed E-state index contributed by atoms with van der Waals surface area (Å²) in [4.78, 5) is 10.1. The van der Waals surface area contributed by atoms with Gasteiger partial charge in [0.15, 0.2) is 0 Å². The van der Waals surface area contributed by atoms with Crippen LogP contribution in [-0.2, 0) is 5.54 Å². The number of hydrogen-bond acceptors (Lipinski definition) is 4. The lowest BCUT2D eigenvalue weighted by Gasteiger charge is -2.17. The van der Waals surface area contributed by atoms with Gasteiger partial charge in [0.1, 0.15) is 5.82 Å². The maximum Gasteiger partial charge on any atom is 0.148 e. The quantitative estimate of drug-likeness (QED) is 0.924. The van der Waals surface area contributed by atoms with Crippen LogP contribution >= 0.6 is 27.3 Å². The van der Waals surface area contributed by atoms with Gasteiger partial charge in [0.25, 0.3) is 0 Å². The van der Waals surface area contributed by atoms with Gasteiger partial charge in [0.05, 0.1) is 16.1 Å². The molecule has 0 saturated carbocycles. The van der Waals surface area contributed by atoms with E-state index in [2.05, 4.69) is 32.0 Å². The third-order valence-corrected chi connectivity index (χ3v) is 3.96. The molecule has 0 aliphatic heterocycles. The summed E-state index contributed by atoms with van der Waals surface area (Å²) in [6.45, 7) is 5.79. The summed E-state index contributed by atoms with van der Waals surface area (Å²) in [6, 6.07) is 4.03. The molecule has 2 aromatic heterocycles. The van der Waals surface area contributed by atoms with Gasteiger partial charge >= 0.3 is 0 Å². The molecule has 0 aromatic carbocycles. The largest absolute Gasteiger partial charge is 0.319 e. The predicted octanol–water partition coefficient (Wildman–Crippen LogP) is 3.47. The molecule has 0 aliphatic rings. The Kier molecular flexibility index (Phi) is 3.34. The van der Waals surface area contributed by atoms with E-state index in [9.17, 15) is 0 Å². The summed E-state index contributed by atoms with van der Waals surface area (Å²) in [5.74, 6) is 0.678. The van der Waals surface area contributed by atoms with E-state index in [0.29, 0.717) is 5.82 Å². The maximum atomic E-state index is 6.05. The molecule has 2 rings (SSSR count). The van der Waals surface area contributed by atoms with Crippen molar-refractivity contribution in [2.45, 2.75) is 26.3 Å². The van der Waals surface area contributed by atoms with Crippen molar-refractivity contribution in [3.05, 3.63) is 33.5 Å². The molecule has 5 heteroatoms. The van der Waals surface area contributed by atoms with Crippen LogP contribution in [0, 0.1) is 6.92 Å². The molecule has 0 aliphatic carbocycles. The summed E-state index contributed by atoms with van der Waals surface area (Å²) < 4.78 is 1.07. The van der Waals surface area contributed by atoms with Crippen molar-refractivity contribution in [3.63, 3.8) is 0 Å². The zero-order valence-electron chi connectivity index (χ0n) is 9.99. The number of hydrogen-bond donors (Lipinski definition) is 1. The van der Waals surface area contributed by atoms with Crippen LogP contribution in [0.15, 0.2) is 22.0 Å². The molecule has 0 saturated heterocycles. The van der Waals surface area contributed by atoms with E-state index in [1.54, 1.807) is 11.3 Å². The summed E-state index contributed by atoms with van der Waals surface area (Å²) >= 11 is 5.10. The van der Waals surface area contributed by atoms with E-state index in [0.717, 1.165) is 20.7 Å². The second kappa shape index (κ2) is 4.48. The number of rotatable bonds is 2. The highest BCUT2D eigenvalue weighted by atomic mass is 79.9. The fourth-order valence-corrected chi connectivity index (χ4v) is 2.82. The SMILES string of the molecule is Cc1cc(-c2cc(Br)cs2)nc(C(C)(C)N)n1. The lowest BCUT2D eigenvalue weighted by Crippen LogP contribution is -2.31. The van der Waals surface area contributed by atoms with Crippen LogP contribution in [0.1, 0.15) is 25.4 Å². The highest BCUT2D eigenvalue weighted by molar-refractivity contribution is 9.10. The van der Waals surface area contributed by atoms with Gasteiger partial charge in [-0.05, 0) is 48.8 Å². The normalized spacial score (nSPS) is 11.8. The van der Waals surface area contributed by atoms with Crippen LogP contribution in [0.25, 0.3) is 10.6 Å². The molecule has 0 fully saturated rings. The van der Waals surface area contributed by atoms with Crippen molar-refractivity contribution in [1.29, 1.82) is 0 Å². The van der Waals surface area contributed by atoms with Crippen LogP contribution in [0.3, 0.4) is 0 Å². The van der Waals surface area contributed by atoms with Crippen LogP contribution in [0.4, 0.5) is 0 Å². The topological polar surface area (TPSA) is 51.8 Å². The first-order chi connectivity index (χ1) is 7.86. The summed E-state index contributed by atoms with van der Waals surface area (Å²) in [5.41, 5.74) is 7.40. The number of aromatic nitrogens is 2. The minimum Gasteiger partial charge on any atom is -0.319 e. The van der Waals surface area contributed by atoms with Crippen LogP contribution in [0.5, 0.6) is 0 Å². The van der Waals surface area contributed by atoms with Gasteiger partial charge in [-0.15, -0.1) is 11.3 Å². The van der Waals surface area contributed by atoms with Crippen molar-refractivity contribution in [3.8, 4) is 10.6 Å². The Labute approximate surface area is 113 Å². The monoisotopic (exact) mass is 311 g/mol. The van der Waals surface area contributed by atoms with Gasteiger partial charge in [-0.2, -0.15) is 0 Å². The van der Waals surface area contributed by atoms with Gasteiger partial charge in [-0.1, -0.05) is 0 Å². The molecule has 0 bridgehead atoms. The zero-order chi connectivity index (χ0) is 12.6. The summed E-state index contributed by atoms with van der Waals surface area (Å²) in [6.07, 6.45) is 0. The average Bonchev–Trinajstić information content (AvgIpc) is 2.62. The molecule has 2 aromatic rings. The minimum absolute atomic E-state index is 0.519. The lowest BCUT2D eigenvalue weighted by molar-refractivity contribution is 0.513. The number of thiophene rings is 1. The van der Waals surface area contributed by atoms with Crippen molar-refractivity contribution >= 4 is 27.3 Å². The molecular formula is C12H14BrN3S. The van der Waals surface area contributed by atoms with Crippen molar-refractivity contribution in [1.82, 2.24) is 9.97 Å². The Balaban J connectivity index is 2.52. The van der Waals surface area contributed by atoms with E-state index in [-0.39, 0.29) is 0 Å². The highest BCUT2D eigenvalue weighted by Crippen LogP contribution is 2.29. The molecular weight excluding hydrogens is 298 g/mol. The van der Waals surface area contributed by atoms with Gasteiger partial charge in [0.2, 0.25) is 0 Å². The van der Waals surface area contributed by atoms with Crippen molar-refractivity contribution < 1.29 is 0 Å². The molecule has 2 N–H and O–H groups in total. The molecule has 0 radical (unpaired) electrons. The van der Waals surface area contributed by atoms with Gasteiger partial charge in [0, 0.05) is 15.5 Å². The molecule has 90 valence electrons. The smallest absolute Gasteiger partial charge is 0.148 e.